The Morgan fingerprint density at radius 1 is 1.21 bits per heavy atom. The van der Waals surface area contributed by atoms with Crippen LogP contribution < -0.4 is 10.0 Å². The second kappa shape index (κ2) is 7.88. The second-order valence-electron chi connectivity index (χ2n) is 3.80. The highest BCUT2D eigenvalue weighted by molar-refractivity contribution is 7.89. The summed E-state index contributed by atoms with van der Waals surface area (Å²) in [6.45, 7) is 0.742. The lowest BCUT2D eigenvalue weighted by Crippen LogP contribution is -2.34. The van der Waals surface area contributed by atoms with Gasteiger partial charge in [-0.05, 0) is 12.1 Å². The van der Waals surface area contributed by atoms with Crippen molar-refractivity contribution < 1.29 is 17.9 Å². The predicted octanol–water partition coefficient (Wildman–Crippen LogP) is 0.118. The number of sulfonamides is 1. The Morgan fingerprint density at radius 3 is 2.53 bits per heavy atom. The van der Waals surface area contributed by atoms with Gasteiger partial charge in [-0.2, -0.15) is 0 Å². The normalized spacial score (nSPS) is 11.2. The Labute approximate surface area is 113 Å². The molecule has 2 N–H and O–H groups in total. The van der Waals surface area contributed by atoms with Crippen LogP contribution in [0.3, 0.4) is 0 Å². The van der Waals surface area contributed by atoms with E-state index in [-0.39, 0.29) is 30.3 Å². The van der Waals surface area contributed by atoms with Gasteiger partial charge < -0.3 is 10.1 Å². The topological polar surface area (TPSA) is 84.5 Å². The van der Waals surface area contributed by atoms with Crippen LogP contribution in [0.4, 0.5) is 0 Å². The SMILES string of the molecule is COCCC(=O)NCCNS(=O)(=O)c1ccccc1. The van der Waals surface area contributed by atoms with Crippen molar-refractivity contribution in [3.63, 3.8) is 0 Å². The van der Waals surface area contributed by atoms with Crippen LogP contribution in [0.2, 0.25) is 0 Å². The smallest absolute Gasteiger partial charge is 0.240 e. The number of amides is 1. The lowest BCUT2D eigenvalue weighted by atomic mass is 10.4. The molecule has 0 aliphatic carbocycles. The molecule has 0 unspecified atom stereocenters. The molecule has 0 atom stereocenters. The first-order valence-corrected chi connectivity index (χ1v) is 7.35. The molecule has 0 bridgehead atoms. The zero-order valence-electron chi connectivity index (χ0n) is 10.8. The van der Waals surface area contributed by atoms with Crippen LogP contribution in [-0.4, -0.2) is 41.1 Å². The number of benzene rings is 1. The average Bonchev–Trinajstić information content (AvgIpc) is 2.42. The van der Waals surface area contributed by atoms with Gasteiger partial charge in [0.15, 0.2) is 0 Å². The van der Waals surface area contributed by atoms with E-state index in [1.807, 2.05) is 0 Å². The summed E-state index contributed by atoms with van der Waals surface area (Å²) in [4.78, 5) is 11.4. The van der Waals surface area contributed by atoms with E-state index in [2.05, 4.69) is 10.0 Å². The molecule has 6 nitrogen and oxygen atoms in total. The maximum Gasteiger partial charge on any atom is 0.240 e. The number of rotatable bonds is 8. The summed E-state index contributed by atoms with van der Waals surface area (Å²) < 4.78 is 30.8. The van der Waals surface area contributed by atoms with E-state index in [1.54, 1.807) is 18.2 Å². The Balaban J connectivity index is 2.31. The molecule has 0 fully saturated rings. The highest BCUT2D eigenvalue weighted by atomic mass is 32.2. The highest BCUT2D eigenvalue weighted by Crippen LogP contribution is 2.06. The maximum absolute atomic E-state index is 11.8. The minimum Gasteiger partial charge on any atom is -0.384 e. The quantitative estimate of drug-likeness (QED) is 0.665. The van der Waals surface area contributed by atoms with Gasteiger partial charge in [-0.15, -0.1) is 0 Å². The first kappa shape index (κ1) is 15.6. The molecule has 0 saturated carbocycles. The van der Waals surface area contributed by atoms with Crippen molar-refractivity contribution >= 4 is 15.9 Å². The van der Waals surface area contributed by atoms with E-state index in [0.717, 1.165) is 0 Å². The fourth-order valence-electron chi connectivity index (χ4n) is 1.35. The molecule has 0 heterocycles. The van der Waals surface area contributed by atoms with Crippen molar-refractivity contribution in [2.45, 2.75) is 11.3 Å². The van der Waals surface area contributed by atoms with Gasteiger partial charge in [-0.1, -0.05) is 18.2 Å². The molecule has 1 rings (SSSR count). The van der Waals surface area contributed by atoms with Gasteiger partial charge >= 0.3 is 0 Å². The molecule has 0 aromatic heterocycles. The van der Waals surface area contributed by atoms with Crippen LogP contribution in [-0.2, 0) is 19.6 Å². The van der Waals surface area contributed by atoms with Gasteiger partial charge in [0.05, 0.1) is 11.5 Å². The molecular weight excluding hydrogens is 268 g/mol. The van der Waals surface area contributed by atoms with E-state index >= 15 is 0 Å². The minimum absolute atomic E-state index is 0.149. The molecule has 7 heteroatoms. The molecule has 0 saturated heterocycles. The minimum atomic E-state index is -3.50. The summed E-state index contributed by atoms with van der Waals surface area (Å²) in [5.41, 5.74) is 0. The summed E-state index contributed by atoms with van der Waals surface area (Å²) in [7, 11) is -1.99. The van der Waals surface area contributed by atoms with Crippen LogP contribution in [0.15, 0.2) is 35.2 Å². The van der Waals surface area contributed by atoms with Crippen LogP contribution in [0.25, 0.3) is 0 Å². The van der Waals surface area contributed by atoms with Gasteiger partial charge in [0, 0.05) is 26.6 Å². The summed E-state index contributed by atoms with van der Waals surface area (Å²) in [5, 5.41) is 2.60. The first-order chi connectivity index (χ1) is 9.06. The molecule has 0 spiro atoms. The van der Waals surface area contributed by atoms with E-state index in [4.69, 9.17) is 4.74 Å². The van der Waals surface area contributed by atoms with Crippen molar-refractivity contribution in [2.24, 2.45) is 0 Å². The standard InChI is InChI=1S/C12H18N2O4S/c1-18-10-7-12(15)13-8-9-14-19(16,17)11-5-3-2-4-6-11/h2-6,14H,7-10H2,1H3,(H,13,15). The van der Waals surface area contributed by atoms with E-state index in [0.29, 0.717) is 6.61 Å². The number of ether oxygens (including phenoxy) is 1. The third-order valence-electron chi connectivity index (χ3n) is 2.33. The average molecular weight is 286 g/mol. The van der Waals surface area contributed by atoms with Crippen molar-refractivity contribution in [3.8, 4) is 0 Å². The number of hydrogen-bond donors (Lipinski definition) is 2. The lowest BCUT2D eigenvalue weighted by Gasteiger charge is -2.07. The molecule has 19 heavy (non-hydrogen) atoms. The first-order valence-electron chi connectivity index (χ1n) is 5.86. The highest BCUT2D eigenvalue weighted by Gasteiger charge is 2.12. The second-order valence-corrected chi connectivity index (χ2v) is 5.57. The van der Waals surface area contributed by atoms with Crippen LogP contribution in [0, 0.1) is 0 Å². The Kier molecular flexibility index (Phi) is 6.48. The van der Waals surface area contributed by atoms with Crippen LogP contribution in [0.1, 0.15) is 6.42 Å². The largest absolute Gasteiger partial charge is 0.384 e. The molecule has 1 amide bonds. The zero-order valence-corrected chi connectivity index (χ0v) is 11.6. The Bertz CT molecular complexity index is 488. The van der Waals surface area contributed by atoms with E-state index in [1.165, 1.54) is 19.2 Å². The third kappa shape index (κ3) is 5.82. The summed E-state index contributed by atoms with van der Waals surface area (Å²) >= 11 is 0. The molecular formula is C12H18N2O4S. The van der Waals surface area contributed by atoms with Crippen LogP contribution in [0.5, 0.6) is 0 Å². The van der Waals surface area contributed by atoms with Crippen molar-refractivity contribution in [3.05, 3.63) is 30.3 Å². The van der Waals surface area contributed by atoms with Crippen molar-refractivity contribution in [1.82, 2.24) is 10.0 Å². The van der Waals surface area contributed by atoms with Gasteiger partial charge in [0.1, 0.15) is 0 Å². The number of hydrogen-bond acceptors (Lipinski definition) is 4. The van der Waals surface area contributed by atoms with Gasteiger partial charge in [-0.25, -0.2) is 13.1 Å². The third-order valence-corrected chi connectivity index (χ3v) is 3.80. The lowest BCUT2D eigenvalue weighted by molar-refractivity contribution is -0.121. The van der Waals surface area contributed by atoms with E-state index < -0.39 is 10.0 Å². The Hall–Kier alpha value is -1.44. The predicted molar refractivity (Wildman–Crippen MR) is 71.1 cm³/mol. The van der Waals surface area contributed by atoms with Gasteiger partial charge in [0.2, 0.25) is 15.9 Å². The molecule has 0 aliphatic heterocycles. The summed E-state index contributed by atoms with van der Waals surface area (Å²) in [6.07, 6.45) is 0.266. The van der Waals surface area contributed by atoms with E-state index in [9.17, 15) is 13.2 Å². The number of carbonyl (C=O) groups excluding carboxylic acids is 1. The number of nitrogens with one attached hydrogen (secondary N) is 2. The molecule has 1 aromatic carbocycles. The fourth-order valence-corrected chi connectivity index (χ4v) is 2.41. The van der Waals surface area contributed by atoms with Crippen LogP contribution >= 0.6 is 0 Å². The summed E-state index contributed by atoms with van der Waals surface area (Å²) in [6, 6.07) is 8.08. The van der Waals surface area contributed by atoms with Crippen molar-refractivity contribution in [2.75, 3.05) is 26.8 Å². The zero-order chi connectivity index (χ0) is 14.1. The maximum atomic E-state index is 11.8. The molecule has 106 valence electrons. The van der Waals surface area contributed by atoms with Gasteiger partial charge in [-0.3, -0.25) is 4.79 Å². The molecule has 1 aromatic rings. The Morgan fingerprint density at radius 2 is 1.89 bits per heavy atom. The molecule has 0 aliphatic rings. The fraction of sp³-hybridized carbons (Fsp3) is 0.417. The summed E-state index contributed by atoms with van der Waals surface area (Å²) in [5.74, 6) is -0.166. The number of carbonyl (C=O) groups is 1. The monoisotopic (exact) mass is 286 g/mol. The van der Waals surface area contributed by atoms with Gasteiger partial charge in [0.25, 0.3) is 0 Å². The molecule has 0 radical (unpaired) electrons. The number of methoxy groups -OCH3 is 1. The van der Waals surface area contributed by atoms with Crippen molar-refractivity contribution in [1.29, 1.82) is 0 Å².